The molecule has 4 heteroatoms. The minimum absolute atomic E-state index is 0.0292. The molecule has 0 spiro atoms. The van der Waals surface area contributed by atoms with E-state index in [1.165, 1.54) is 0 Å². The number of carbonyl (C=O) groups excluding carboxylic acids is 1. The lowest BCUT2D eigenvalue weighted by molar-refractivity contribution is -0.118. The van der Waals surface area contributed by atoms with E-state index in [-0.39, 0.29) is 12.5 Å². The molecule has 0 unspecified atom stereocenters. The minimum atomic E-state index is -0.192. The van der Waals surface area contributed by atoms with Crippen LogP contribution >= 0.6 is 0 Å². The number of hydrogen-bond donors (Lipinski definition) is 1. The first kappa shape index (κ1) is 16.0. The predicted molar refractivity (Wildman–Crippen MR) is 96.5 cm³/mol. The predicted octanol–water partition coefficient (Wildman–Crippen LogP) is 4.18. The van der Waals surface area contributed by atoms with Crippen molar-refractivity contribution in [3.8, 4) is 5.75 Å². The number of anilines is 1. The van der Waals surface area contributed by atoms with E-state index in [1.54, 1.807) is 0 Å². The first-order valence-corrected chi connectivity index (χ1v) is 7.88. The van der Waals surface area contributed by atoms with E-state index in [1.807, 2.05) is 63.2 Å². The molecule has 0 fully saturated rings. The number of hydrogen-bond acceptors (Lipinski definition) is 3. The Labute approximate surface area is 141 Å². The molecule has 0 saturated carbocycles. The zero-order valence-electron chi connectivity index (χ0n) is 14.1. The Kier molecular flexibility index (Phi) is 4.47. The fourth-order valence-electron chi connectivity index (χ4n) is 2.72. The Morgan fingerprint density at radius 3 is 2.54 bits per heavy atom. The maximum Gasteiger partial charge on any atom is 0.262 e. The molecule has 1 heterocycles. The number of nitrogens with one attached hydrogen (secondary N) is 1. The number of benzene rings is 2. The standard InChI is InChI=1S/C20H20N2O2/c1-13-9-14(2)11-16(10-13)24-12-20(23)22-19-6-4-5-18-17(19)8-7-15(3)21-18/h4-11H,12H2,1-3H3,(H,22,23). The number of rotatable bonds is 4. The quantitative estimate of drug-likeness (QED) is 0.784. The molecular weight excluding hydrogens is 300 g/mol. The van der Waals surface area contributed by atoms with E-state index >= 15 is 0 Å². The molecule has 0 radical (unpaired) electrons. The second-order valence-corrected chi connectivity index (χ2v) is 5.99. The van der Waals surface area contributed by atoms with Gasteiger partial charge >= 0.3 is 0 Å². The molecule has 1 aromatic heterocycles. The van der Waals surface area contributed by atoms with Crippen LogP contribution in [0.1, 0.15) is 16.8 Å². The summed E-state index contributed by atoms with van der Waals surface area (Å²) in [6.07, 6.45) is 0. The van der Waals surface area contributed by atoms with E-state index in [2.05, 4.69) is 16.4 Å². The number of nitrogens with zero attached hydrogens (tertiary/aromatic N) is 1. The van der Waals surface area contributed by atoms with E-state index in [4.69, 9.17) is 4.74 Å². The molecule has 0 atom stereocenters. The first-order valence-electron chi connectivity index (χ1n) is 7.88. The maximum atomic E-state index is 12.2. The van der Waals surface area contributed by atoms with Gasteiger partial charge in [-0.05, 0) is 68.3 Å². The van der Waals surface area contributed by atoms with Gasteiger partial charge in [0.15, 0.2) is 6.61 Å². The third-order valence-electron chi connectivity index (χ3n) is 3.71. The Bertz CT molecular complexity index is 883. The zero-order chi connectivity index (χ0) is 17.1. The molecule has 1 amide bonds. The van der Waals surface area contributed by atoms with Crippen molar-refractivity contribution in [1.29, 1.82) is 0 Å². The second-order valence-electron chi connectivity index (χ2n) is 5.99. The number of fused-ring (bicyclic) bond motifs is 1. The van der Waals surface area contributed by atoms with Crippen LogP contribution in [0.25, 0.3) is 10.9 Å². The van der Waals surface area contributed by atoms with Crippen molar-refractivity contribution in [2.45, 2.75) is 20.8 Å². The van der Waals surface area contributed by atoms with Gasteiger partial charge in [-0.2, -0.15) is 0 Å². The summed E-state index contributed by atoms with van der Waals surface area (Å²) in [5.41, 5.74) is 4.78. The lowest BCUT2D eigenvalue weighted by Crippen LogP contribution is -2.20. The maximum absolute atomic E-state index is 12.2. The highest BCUT2D eigenvalue weighted by Crippen LogP contribution is 2.22. The summed E-state index contributed by atoms with van der Waals surface area (Å²) in [5.74, 6) is 0.514. The summed E-state index contributed by atoms with van der Waals surface area (Å²) < 4.78 is 5.61. The number of aromatic nitrogens is 1. The first-order chi connectivity index (χ1) is 11.5. The van der Waals surface area contributed by atoms with Crippen LogP contribution in [0, 0.1) is 20.8 Å². The van der Waals surface area contributed by atoms with Crippen molar-refractivity contribution in [2.75, 3.05) is 11.9 Å². The highest BCUT2D eigenvalue weighted by Gasteiger charge is 2.08. The van der Waals surface area contributed by atoms with Crippen LogP contribution in [-0.4, -0.2) is 17.5 Å². The Balaban J connectivity index is 1.71. The van der Waals surface area contributed by atoms with Crippen molar-refractivity contribution in [3.05, 3.63) is 65.4 Å². The molecule has 1 N–H and O–H groups in total. The van der Waals surface area contributed by atoms with Crippen molar-refractivity contribution in [3.63, 3.8) is 0 Å². The normalized spacial score (nSPS) is 10.6. The Morgan fingerprint density at radius 2 is 1.79 bits per heavy atom. The summed E-state index contributed by atoms with van der Waals surface area (Å²) in [4.78, 5) is 16.7. The van der Waals surface area contributed by atoms with Gasteiger partial charge in [0.1, 0.15) is 5.75 Å². The molecule has 4 nitrogen and oxygen atoms in total. The lowest BCUT2D eigenvalue weighted by atomic mass is 10.1. The van der Waals surface area contributed by atoms with Crippen LogP contribution in [0.3, 0.4) is 0 Å². The molecule has 122 valence electrons. The average Bonchev–Trinajstić information content (AvgIpc) is 2.52. The van der Waals surface area contributed by atoms with Crippen LogP contribution in [-0.2, 0) is 4.79 Å². The van der Waals surface area contributed by atoms with Crippen LogP contribution in [0.2, 0.25) is 0 Å². The number of amides is 1. The third kappa shape index (κ3) is 3.71. The highest BCUT2D eigenvalue weighted by atomic mass is 16.5. The monoisotopic (exact) mass is 320 g/mol. The van der Waals surface area contributed by atoms with E-state index in [0.717, 1.165) is 33.4 Å². The fraction of sp³-hybridized carbons (Fsp3) is 0.200. The number of ether oxygens (including phenoxy) is 1. The molecule has 0 bridgehead atoms. The lowest BCUT2D eigenvalue weighted by Gasteiger charge is -2.11. The van der Waals surface area contributed by atoms with Crippen molar-refractivity contribution >= 4 is 22.5 Å². The van der Waals surface area contributed by atoms with Gasteiger partial charge in [0.2, 0.25) is 0 Å². The van der Waals surface area contributed by atoms with Gasteiger partial charge < -0.3 is 10.1 Å². The van der Waals surface area contributed by atoms with Crippen molar-refractivity contribution in [1.82, 2.24) is 4.98 Å². The Morgan fingerprint density at radius 1 is 1.04 bits per heavy atom. The fourth-order valence-corrected chi connectivity index (χ4v) is 2.72. The summed E-state index contributed by atoms with van der Waals surface area (Å²) >= 11 is 0. The number of aryl methyl sites for hydroxylation is 3. The third-order valence-corrected chi connectivity index (χ3v) is 3.71. The molecule has 0 aliphatic heterocycles. The van der Waals surface area contributed by atoms with Gasteiger partial charge in [0, 0.05) is 11.1 Å². The van der Waals surface area contributed by atoms with Gasteiger partial charge in [-0.1, -0.05) is 12.1 Å². The van der Waals surface area contributed by atoms with E-state index < -0.39 is 0 Å². The average molecular weight is 320 g/mol. The summed E-state index contributed by atoms with van der Waals surface area (Å²) in [6, 6.07) is 15.5. The molecule has 24 heavy (non-hydrogen) atoms. The van der Waals surface area contributed by atoms with Crippen molar-refractivity contribution in [2.24, 2.45) is 0 Å². The summed E-state index contributed by atoms with van der Waals surface area (Å²) in [5, 5.41) is 3.82. The van der Waals surface area contributed by atoms with Gasteiger partial charge in [-0.15, -0.1) is 0 Å². The van der Waals surface area contributed by atoms with Crippen LogP contribution < -0.4 is 10.1 Å². The van der Waals surface area contributed by atoms with Gasteiger partial charge in [0.05, 0.1) is 11.2 Å². The van der Waals surface area contributed by atoms with E-state index in [9.17, 15) is 4.79 Å². The topological polar surface area (TPSA) is 51.2 Å². The number of pyridine rings is 1. The van der Waals surface area contributed by atoms with Crippen LogP contribution in [0.15, 0.2) is 48.5 Å². The SMILES string of the molecule is Cc1cc(C)cc(OCC(=O)Nc2cccc3nc(C)ccc23)c1. The van der Waals surface area contributed by atoms with Gasteiger partial charge in [0.25, 0.3) is 5.91 Å². The summed E-state index contributed by atoms with van der Waals surface area (Å²) in [6.45, 7) is 5.93. The Hall–Kier alpha value is -2.88. The van der Waals surface area contributed by atoms with Gasteiger partial charge in [-0.3, -0.25) is 9.78 Å². The molecule has 3 rings (SSSR count). The molecule has 3 aromatic rings. The highest BCUT2D eigenvalue weighted by molar-refractivity contribution is 6.01. The minimum Gasteiger partial charge on any atom is -0.484 e. The second kappa shape index (κ2) is 6.71. The van der Waals surface area contributed by atoms with Gasteiger partial charge in [-0.25, -0.2) is 0 Å². The van der Waals surface area contributed by atoms with E-state index in [0.29, 0.717) is 5.75 Å². The smallest absolute Gasteiger partial charge is 0.262 e. The molecular formula is C20H20N2O2. The summed E-state index contributed by atoms with van der Waals surface area (Å²) in [7, 11) is 0. The molecule has 0 saturated heterocycles. The largest absolute Gasteiger partial charge is 0.484 e. The van der Waals surface area contributed by atoms with Crippen molar-refractivity contribution < 1.29 is 9.53 Å². The molecule has 0 aliphatic carbocycles. The zero-order valence-corrected chi connectivity index (χ0v) is 14.1. The van der Waals surface area contributed by atoms with Crippen LogP contribution in [0.4, 0.5) is 5.69 Å². The van der Waals surface area contributed by atoms with Crippen LogP contribution in [0.5, 0.6) is 5.75 Å². The number of carbonyl (C=O) groups is 1. The molecule has 0 aliphatic rings. The molecule has 2 aromatic carbocycles.